The molecule has 19 heavy (non-hydrogen) atoms. The number of nitrogens with one attached hydrogen (secondary N) is 1. The molecule has 2 unspecified atom stereocenters. The molecule has 0 amide bonds. The predicted octanol–water partition coefficient (Wildman–Crippen LogP) is 1.23. The lowest BCUT2D eigenvalue weighted by Crippen LogP contribution is -2.42. The lowest BCUT2D eigenvalue weighted by Gasteiger charge is -2.35. The molecule has 0 aromatic heterocycles. The van der Waals surface area contributed by atoms with Crippen LogP contribution in [0.3, 0.4) is 0 Å². The molecule has 1 aromatic carbocycles. The largest absolute Gasteiger partial charge is 0.382 e. The summed E-state index contributed by atoms with van der Waals surface area (Å²) in [5.41, 5.74) is 0.813. The van der Waals surface area contributed by atoms with Crippen LogP contribution < -0.4 is 10.5 Å². The first-order valence-corrected chi connectivity index (χ1v) is 8.00. The van der Waals surface area contributed by atoms with Crippen LogP contribution in [0.1, 0.15) is 19.8 Å². The number of nitrogens with two attached hydrogens (primary N) is 1. The van der Waals surface area contributed by atoms with Crippen molar-refractivity contribution >= 4 is 15.7 Å². The Labute approximate surface area is 114 Å². The summed E-state index contributed by atoms with van der Waals surface area (Å²) in [6, 6.07) is 7.60. The number of benzene rings is 1. The zero-order chi connectivity index (χ0) is 14.0. The van der Waals surface area contributed by atoms with Gasteiger partial charge in [-0.25, -0.2) is 13.6 Å². The van der Waals surface area contributed by atoms with Gasteiger partial charge < -0.3 is 10.2 Å². The molecule has 0 spiro atoms. The van der Waals surface area contributed by atoms with Crippen molar-refractivity contribution < 1.29 is 8.42 Å². The summed E-state index contributed by atoms with van der Waals surface area (Å²) in [5.74, 6) is 0. The summed E-state index contributed by atoms with van der Waals surface area (Å²) < 4.78 is 22.6. The van der Waals surface area contributed by atoms with Crippen LogP contribution in [0.25, 0.3) is 0 Å². The van der Waals surface area contributed by atoms with Crippen molar-refractivity contribution in [3.05, 3.63) is 24.3 Å². The maximum Gasteiger partial charge on any atom is 0.238 e. The first kappa shape index (κ1) is 14.3. The number of nitrogens with zero attached hydrogens (tertiary/aromatic N) is 1. The lowest BCUT2D eigenvalue weighted by molar-refractivity contribution is 0.190. The van der Waals surface area contributed by atoms with Crippen molar-refractivity contribution in [2.75, 3.05) is 18.9 Å². The Morgan fingerprint density at radius 1 is 1.42 bits per heavy atom. The number of likely N-dealkylation sites (tertiary alicyclic amines) is 1. The molecule has 1 aliphatic rings. The van der Waals surface area contributed by atoms with Gasteiger partial charge in [-0.15, -0.1) is 0 Å². The highest BCUT2D eigenvalue weighted by atomic mass is 32.2. The van der Waals surface area contributed by atoms with E-state index >= 15 is 0 Å². The fourth-order valence-electron chi connectivity index (χ4n) is 2.42. The third kappa shape index (κ3) is 3.68. The van der Waals surface area contributed by atoms with Crippen molar-refractivity contribution in [2.45, 2.75) is 36.7 Å². The zero-order valence-electron chi connectivity index (χ0n) is 11.3. The smallest absolute Gasteiger partial charge is 0.238 e. The van der Waals surface area contributed by atoms with E-state index in [4.69, 9.17) is 5.14 Å². The number of rotatable bonds is 3. The van der Waals surface area contributed by atoms with E-state index in [2.05, 4.69) is 24.2 Å². The van der Waals surface area contributed by atoms with E-state index in [9.17, 15) is 8.42 Å². The maximum absolute atomic E-state index is 11.3. The molecule has 5 nitrogen and oxygen atoms in total. The van der Waals surface area contributed by atoms with E-state index in [0.29, 0.717) is 12.1 Å². The van der Waals surface area contributed by atoms with E-state index in [1.165, 1.54) is 6.07 Å². The molecular formula is C13H21N3O2S. The summed E-state index contributed by atoms with van der Waals surface area (Å²) in [5, 5.41) is 8.53. The SMILES string of the molecule is CC1CC(Nc2cccc(S(N)(=O)=O)c2)CCN1C. The topological polar surface area (TPSA) is 75.4 Å². The molecule has 0 radical (unpaired) electrons. The Morgan fingerprint density at radius 3 is 2.79 bits per heavy atom. The molecule has 1 aromatic rings. The molecule has 1 fully saturated rings. The molecule has 0 aliphatic carbocycles. The number of hydrogen-bond donors (Lipinski definition) is 2. The molecule has 3 N–H and O–H groups in total. The normalized spacial score (nSPS) is 25.2. The second-order valence-corrected chi connectivity index (χ2v) is 6.83. The number of sulfonamides is 1. The van der Waals surface area contributed by atoms with Gasteiger partial charge in [-0.2, -0.15) is 0 Å². The minimum Gasteiger partial charge on any atom is -0.382 e. The fourth-order valence-corrected chi connectivity index (χ4v) is 2.98. The third-order valence-electron chi connectivity index (χ3n) is 3.74. The first-order valence-electron chi connectivity index (χ1n) is 6.46. The Balaban J connectivity index is 2.08. The van der Waals surface area contributed by atoms with Crippen molar-refractivity contribution in [3.63, 3.8) is 0 Å². The van der Waals surface area contributed by atoms with Crippen LogP contribution in [0.4, 0.5) is 5.69 Å². The van der Waals surface area contributed by atoms with E-state index in [0.717, 1.165) is 25.1 Å². The molecule has 1 aliphatic heterocycles. The monoisotopic (exact) mass is 283 g/mol. The van der Waals surface area contributed by atoms with Gasteiger partial charge in [-0.05, 0) is 45.0 Å². The van der Waals surface area contributed by atoms with Crippen LogP contribution >= 0.6 is 0 Å². The Bertz CT molecular complexity index is 545. The second-order valence-electron chi connectivity index (χ2n) is 5.27. The summed E-state index contributed by atoms with van der Waals surface area (Å²) in [7, 11) is -1.51. The first-order chi connectivity index (χ1) is 8.86. The van der Waals surface area contributed by atoms with Crippen LogP contribution in [0, 0.1) is 0 Å². The minimum absolute atomic E-state index is 0.151. The van der Waals surface area contributed by atoms with E-state index in [1.807, 2.05) is 6.07 Å². The molecule has 6 heteroatoms. The minimum atomic E-state index is -3.63. The standard InChI is InChI=1S/C13H21N3O2S/c1-10-8-12(6-7-16(10)2)15-11-4-3-5-13(9-11)19(14,17)18/h3-5,9-10,12,15H,6-8H2,1-2H3,(H2,14,17,18). The van der Waals surface area contributed by atoms with Gasteiger partial charge in [0.15, 0.2) is 0 Å². The zero-order valence-corrected chi connectivity index (χ0v) is 12.2. The Kier molecular flexibility index (Phi) is 4.13. The highest BCUT2D eigenvalue weighted by molar-refractivity contribution is 7.89. The molecular weight excluding hydrogens is 262 g/mol. The molecule has 0 bridgehead atoms. The van der Waals surface area contributed by atoms with Gasteiger partial charge in [0.05, 0.1) is 4.90 Å². The second kappa shape index (κ2) is 5.48. The number of hydrogen-bond acceptors (Lipinski definition) is 4. The van der Waals surface area contributed by atoms with Gasteiger partial charge in [0, 0.05) is 24.3 Å². The molecule has 2 atom stereocenters. The van der Waals surface area contributed by atoms with Crippen molar-refractivity contribution in [3.8, 4) is 0 Å². The van der Waals surface area contributed by atoms with Gasteiger partial charge in [-0.3, -0.25) is 0 Å². The fraction of sp³-hybridized carbons (Fsp3) is 0.538. The van der Waals surface area contributed by atoms with Crippen LogP contribution in [-0.4, -0.2) is 39.0 Å². The highest BCUT2D eigenvalue weighted by Gasteiger charge is 2.22. The van der Waals surface area contributed by atoms with Gasteiger partial charge in [0.1, 0.15) is 0 Å². The van der Waals surface area contributed by atoms with E-state index < -0.39 is 10.0 Å². The molecule has 106 valence electrons. The van der Waals surface area contributed by atoms with E-state index in [1.54, 1.807) is 12.1 Å². The molecule has 1 saturated heterocycles. The van der Waals surface area contributed by atoms with Gasteiger partial charge in [0.25, 0.3) is 0 Å². The van der Waals surface area contributed by atoms with Crippen molar-refractivity contribution in [1.29, 1.82) is 0 Å². The number of primary sulfonamides is 1. The third-order valence-corrected chi connectivity index (χ3v) is 4.65. The molecule has 2 rings (SSSR count). The van der Waals surface area contributed by atoms with Crippen LogP contribution in [0.5, 0.6) is 0 Å². The average molecular weight is 283 g/mol. The van der Waals surface area contributed by atoms with Crippen LogP contribution in [0.2, 0.25) is 0 Å². The van der Waals surface area contributed by atoms with Crippen LogP contribution in [-0.2, 0) is 10.0 Å². The average Bonchev–Trinajstić information content (AvgIpc) is 2.33. The van der Waals surface area contributed by atoms with Crippen molar-refractivity contribution in [1.82, 2.24) is 4.90 Å². The van der Waals surface area contributed by atoms with Gasteiger partial charge in [0.2, 0.25) is 10.0 Å². The highest BCUT2D eigenvalue weighted by Crippen LogP contribution is 2.21. The maximum atomic E-state index is 11.3. The number of piperidine rings is 1. The summed E-state index contributed by atoms with van der Waals surface area (Å²) >= 11 is 0. The molecule has 0 saturated carbocycles. The summed E-state index contributed by atoms with van der Waals surface area (Å²) in [6.07, 6.45) is 2.11. The number of anilines is 1. The molecule has 1 heterocycles. The van der Waals surface area contributed by atoms with Gasteiger partial charge >= 0.3 is 0 Å². The summed E-state index contributed by atoms with van der Waals surface area (Å²) in [4.78, 5) is 2.48. The van der Waals surface area contributed by atoms with Crippen LogP contribution in [0.15, 0.2) is 29.2 Å². The predicted molar refractivity (Wildman–Crippen MR) is 76.6 cm³/mol. The van der Waals surface area contributed by atoms with Gasteiger partial charge in [-0.1, -0.05) is 6.07 Å². The van der Waals surface area contributed by atoms with E-state index in [-0.39, 0.29) is 4.90 Å². The Morgan fingerprint density at radius 2 is 2.16 bits per heavy atom. The quantitative estimate of drug-likeness (QED) is 0.875. The lowest BCUT2D eigenvalue weighted by atomic mass is 9.99. The Hall–Kier alpha value is -1.11. The van der Waals surface area contributed by atoms with Crippen molar-refractivity contribution in [2.24, 2.45) is 5.14 Å². The summed E-state index contributed by atoms with van der Waals surface area (Å²) in [6.45, 7) is 3.25.